The normalized spacial score (nSPS) is 21.6. The van der Waals surface area contributed by atoms with E-state index in [1.165, 1.54) is 5.56 Å². The summed E-state index contributed by atoms with van der Waals surface area (Å²) < 4.78 is 11.0. The van der Waals surface area contributed by atoms with Crippen LogP contribution in [-0.4, -0.2) is 17.6 Å². The molecule has 1 heterocycles. The van der Waals surface area contributed by atoms with Crippen molar-refractivity contribution in [3.8, 4) is 5.75 Å². The molecule has 3 N–H and O–H groups in total. The lowest BCUT2D eigenvalue weighted by atomic mass is 9.76. The highest BCUT2D eigenvalue weighted by Gasteiger charge is 2.27. The minimum absolute atomic E-state index is 0.0568. The van der Waals surface area contributed by atoms with Gasteiger partial charge in [-0.2, -0.15) is 0 Å². The molecular weight excluding hydrogens is 328 g/mol. The van der Waals surface area contributed by atoms with Crippen LogP contribution in [0.4, 0.5) is 0 Å². The Hall–Kier alpha value is -2.53. The van der Waals surface area contributed by atoms with Crippen molar-refractivity contribution >= 4 is 11.1 Å². The summed E-state index contributed by atoms with van der Waals surface area (Å²) in [5.74, 6) is 1.46. The van der Waals surface area contributed by atoms with Gasteiger partial charge < -0.3 is 14.9 Å². The second-order valence-corrected chi connectivity index (χ2v) is 7.17. The number of hydrogen-bond acceptors (Lipinski definition) is 4. The van der Waals surface area contributed by atoms with E-state index in [4.69, 9.17) is 14.9 Å². The number of aromatic amines is 1. The minimum Gasteiger partial charge on any atom is -0.492 e. The molecule has 4 rings (SSSR count). The van der Waals surface area contributed by atoms with Crippen LogP contribution in [0.2, 0.25) is 0 Å². The summed E-state index contributed by atoms with van der Waals surface area (Å²) in [6.45, 7) is 0.555. The number of fused-ring (bicyclic) bond motifs is 1. The van der Waals surface area contributed by atoms with Crippen LogP contribution < -0.4 is 16.2 Å². The van der Waals surface area contributed by atoms with Crippen molar-refractivity contribution in [2.24, 2.45) is 11.7 Å². The molecule has 0 bridgehead atoms. The predicted octanol–water partition coefficient (Wildman–Crippen LogP) is 3.80. The lowest BCUT2D eigenvalue weighted by Crippen LogP contribution is -2.37. The molecule has 136 valence electrons. The molecule has 26 heavy (non-hydrogen) atoms. The van der Waals surface area contributed by atoms with Gasteiger partial charge in [0.05, 0.1) is 5.52 Å². The third kappa shape index (κ3) is 3.68. The lowest BCUT2D eigenvalue weighted by Gasteiger charge is -2.32. The molecule has 1 aliphatic carbocycles. The fraction of sp³-hybridized carbons (Fsp3) is 0.381. The van der Waals surface area contributed by atoms with Gasteiger partial charge in [-0.3, -0.25) is 4.98 Å². The maximum atomic E-state index is 11.3. The Bertz CT molecular complexity index is 908. The summed E-state index contributed by atoms with van der Waals surface area (Å²) in [5.41, 5.74) is 9.02. The molecule has 1 atom stereocenters. The van der Waals surface area contributed by atoms with Gasteiger partial charge in [-0.15, -0.1) is 0 Å². The molecule has 0 radical (unpaired) electrons. The number of oxazole rings is 1. The molecule has 0 saturated heterocycles. The van der Waals surface area contributed by atoms with E-state index < -0.39 is 5.76 Å². The third-order valence-electron chi connectivity index (χ3n) is 5.48. The van der Waals surface area contributed by atoms with Gasteiger partial charge in [-0.1, -0.05) is 24.3 Å². The van der Waals surface area contributed by atoms with E-state index in [0.717, 1.165) is 36.9 Å². The van der Waals surface area contributed by atoms with E-state index in [0.29, 0.717) is 24.0 Å². The molecule has 3 aromatic rings. The van der Waals surface area contributed by atoms with E-state index in [-0.39, 0.29) is 6.04 Å². The second kappa shape index (κ2) is 7.38. The lowest BCUT2D eigenvalue weighted by molar-refractivity contribution is 0.206. The van der Waals surface area contributed by atoms with Crippen LogP contribution in [0.5, 0.6) is 5.75 Å². The van der Waals surface area contributed by atoms with Crippen molar-refractivity contribution in [3.63, 3.8) is 0 Å². The third-order valence-corrected chi connectivity index (χ3v) is 5.48. The van der Waals surface area contributed by atoms with E-state index in [1.807, 2.05) is 42.5 Å². The first-order chi connectivity index (χ1) is 12.7. The summed E-state index contributed by atoms with van der Waals surface area (Å²) in [6, 6.07) is 15.9. The van der Waals surface area contributed by atoms with E-state index in [2.05, 4.69) is 11.1 Å². The Morgan fingerprint density at radius 1 is 1.12 bits per heavy atom. The topological polar surface area (TPSA) is 81.2 Å². The number of ether oxygens (including phenoxy) is 1. The molecule has 1 aliphatic rings. The first-order valence-corrected chi connectivity index (χ1v) is 9.25. The maximum absolute atomic E-state index is 11.3. The van der Waals surface area contributed by atoms with Crippen LogP contribution in [0.15, 0.2) is 57.7 Å². The van der Waals surface area contributed by atoms with Crippen molar-refractivity contribution in [1.29, 1.82) is 0 Å². The quantitative estimate of drug-likeness (QED) is 0.732. The molecule has 0 aliphatic heterocycles. The van der Waals surface area contributed by atoms with Crippen molar-refractivity contribution in [2.45, 2.75) is 37.6 Å². The molecular formula is C21H24N2O3. The highest BCUT2D eigenvalue weighted by molar-refractivity contribution is 5.72. The number of hydrogen-bond donors (Lipinski definition) is 2. The van der Waals surface area contributed by atoms with Gasteiger partial charge in [0.25, 0.3) is 0 Å². The number of nitrogens with one attached hydrogen (secondary N) is 1. The van der Waals surface area contributed by atoms with Gasteiger partial charge in [0.2, 0.25) is 0 Å². The minimum atomic E-state index is -0.398. The number of H-pyrrole nitrogens is 1. The van der Waals surface area contributed by atoms with Crippen molar-refractivity contribution in [3.05, 3.63) is 64.6 Å². The van der Waals surface area contributed by atoms with Crippen LogP contribution in [-0.2, 0) is 0 Å². The van der Waals surface area contributed by atoms with E-state index in [1.54, 1.807) is 0 Å². The summed E-state index contributed by atoms with van der Waals surface area (Å²) in [7, 11) is 0. The number of rotatable bonds is 5. The molecule has 2 aromatic carbocycles. The standard InChI is InChI=1S/C21H24N2O3/c22-18(13-25-17-4-2-1-3-5-17)15-8-6-14(7-9-15)16-10-11-19-20(12-16)26-21(24)23-19/h1-5,10-12,14-15,18H,6-9,13,22H2,(H,23,24). The zero-order chi connectivity index (χ0) is 17.9. The average molecular weight is 352 g/mol. The smallest absolute Gasteiger partial charge is 0.417 e. The Kier molecular flexibility index (Phi) is 4.80. The van der Waals surface area contributed by atoms with Gasteiger partial charge in [0, 0.05) is 6.04 Å². The van der Waals surface area contributed by atoms with Crippen molar-refractivity contribution in [1.82, 2.24) is 4.98 Å². The molecule has 0 amide bonds. The molecule has 1 saturated carbocycles. The number of nitrogens with two attached hydrogens (primary N) is 1. The van der Waals surface area contributed by atoms with Gasteiger partial charge in [-0.25, -0.2) is 4.79 Å². The predicted molar refractivity (Wildman–Crippen MR) is 101 cm³/mol. The van der Waals surface area contributed by atoms with Crippen LogP contribution >= 0.6 is 0 Å². The molecule has 5 heteroatoms. The van der Waals surface area contributed by atoms with Gasteiger partial charge in [0.15, 0.2) is 5.58 Å². The monoisotopic (exact) mass is 352 g/mol. The summed E-state index contributed by atoms with van der Waals surface area (Å²) >= 11 is 0. The first kappa shape index (κ1) is 16.9. The summed E-state index contributed by atoms with van der Waals surface area (Å²) in [4.78, 5) is 14.0. The summed E-state index contributed by atoms with van der Waals surface area (Å²) in [6.07, 6.45) is 4.39. The zero-order valence-corrected chi connectivity index (χ0v) is 14.7. The Labute approximate surface area is 152 Å². The largest absolute Gasteiger partial charge is 0.492 e. The fourth-order valence-electron chi connectivity index (χ4n) is 3.94. The average Bonchev–Trinajstić information content (AvgIpc) is 3.06. The molecule has 0 spiro atoms. The Morgan fingerprint density at radius 2 is 1.88 bits per heavy atom. The molecule has 1 aromatic heterocycles. The zero-order valence-electron chi connectivity index (χ0n) is 14.7. The van der Waals surface area contributed by atoms with Crippen molar-refractivity contribution < 1.29 is 9.15 Å². The van der Waals surface area contributed by atoms with Gasteiger partial charge in [-0.05, 0) is 67.3 Å². The molecule has 5 nitrogen and oxygen atoms in total. The van der Waals surface area contributed by atoms with E-state index in [9.17, 15) is 4.79 Å². The highest BCUT2D eigenvalue weighted by atomic mass is 16.5. The molecule has 1 fully saturated rings. The first-order valence-electron chi connectivity index (χ1n) is 9.25. The number of benzene rings is 2. The Balaban J connectivity index is 1.33. The second-order valence-electron chi connectivity index (χ2n) is 7.17. The van der Waals surface area contributed by atoms with E-state index >= 15 is 0 Å². The SMILES string of the molecule is NC(COc1ccccc1)C1CCC(c2ccc3[nH]c(=O)oc3c2)CC1. The summed E-state index contributed by atoms with van der Waals surface area (Å²) in [5, 5.41) is 0. The fourth-order valence-corrected chi connectivity index (χ4v) is 3.94. The van der Waals surface area contributed by atoms with Crippen LogP contribution in [0.3, 0.4) is 0 Å². The van der Waals surface area contributed by atoms with Gasteiger partial charge >= 0.3 is 5.76 Å². The number of para-hydroxylation sites is 1. The van der Waals surface area contributed by atoms with Crippen LogP contribution in [0.25, 0.3) is 11.1 Å². The maximum Gasteiger partial charge on any atom is 0.417 e. The van der Waals surface area contributed by atoms with Gasteiger partial charge in [0.1, 0.15) is 12.4 Å². The van der Waals surface area contributed by atoms with Crippen LogP contribution in [0.1, 0.15) is 37.2 Å². The molecule has 1 unspecified atom stereocenters. The van der Waals surface area contributed by atoms with Crippen molar-refractivity contribution in [2.75, 3.05) is 6.61 Å². The number of aromatic nitrogens is 1. The highest BCUT2D eigenvalue weighted by Crippen LogP contribution is 2.37. The van der Waals surface area contributed by atoms with Crippen LogP contribution in [0, 0.1) is 5.92 Å². The Morgan fingerprint density at radius 3 is 2.65 bits per heavy atom.